The van der Waals surface area contributed by atoms with Crippen molar-refractivity contribution in [1.82, 2.24) is 15.5 Å². The molecule has 3 N–H and O–H groups in total. The molecule has 0 atom stereocenters. The molecule has 0 radical (unpaired) electrons. The molecule has 1 aromatic heterocycles. The molecule has 0 saturated heterocycles. The minimum atomic E-state index is -0.169. The third-order valence-electron chi connectivity index (χ3n) is 3.45. The van der Waals surface area contributed by atoms with Crippen molar-refractivity contribution in [2.75, 3.05) is 0 Å². The number of H-pyrrole nitrogens is 1. The van der Waals surface area contributed by atoms with Crippen LogP contribution in [0.2, 0.25) is 0 Å². The van der Waals surface area contributed by atoms with E-state index in [1.807, 2.05) is 36.4 Å². The van der Waals surface area contributed by atoms with Crippen LogP contribution >= 0.6 is 0 Å². The molecule has 1 amide bonds. The number of hydrogen-bond acceptors (Lipinski definition) is 3. The number of carbonyl (C=O) groups excluding carboxylic acids is 1. The van der Waals surface area contributed by atoms with E-state index in [2.05, 4.69) is 15.5 Å². The first kappa shape index (κ1) is 13.3. The van der Waals surface area contributed by atoms with Crippen LogP contribution in [0.1, 0.15) is 21.5 Å². The summed E-state index contributed by atoms with van der Waals surface area (Å²) in [5.74, 6) is -0.169. The number of hydrogen-bond donors (Lipinski definition) is 3. The highest BCUT2D eigenvalue weighted by Crippen LogP contribution is 2.16. The molecule has 0 aliphatic rings. The average molecular weight is 281 g/mol. The third kappa shape index (κ3) is 2.64. The van der Waals surface area contributed by atoms with Crippen molar-refractivity contribution in [3.8, 4) is 0 Å². The number of para-hydroxylation sites is 1. The average Bonchev–Trinajstić information content (AvgIpc) is 3.01. The second-order valence-corrected chi connectivity index (χ2v) is 4.75. The van der Waals surface area contributed by atoms with Gasteiger partial charge in [0, 0.05) is 11.9 Å². The highest BCUT2D eigenvalue weighted by atomic mass is 16.3. The Hall–Kier alpha value is -2.66. The van der Waals surface area contributed by atoms with Gasteiger partial charge in [0.2, 0.25) is 0 Å². The number of benzene rings is 2. The maximum atomic E-state index is 12.3. The highest BCUT2D eigenvalue weighted by molar-refractivity contribution is 6.05. The Balaban J connectivity index is 1.79. The summed E-state index contributed by atoms with van der Waals surface area (Å²) in [6, 6.07) is 13.0. The summed E-state index contributed by atoms with van der Waals surface area (Å²) >= 11 is 0. The van der Waals surface area contributed by atoms with Crippen LogP contribution in [0.5, 0.6) is 0 Å². The molecule has 5 heteroatoms. The van der Waals surface area contributed by atoms with Crippen molar-refractivity contribution in [3.05, 3.63) is 65.4 Å². The monoisotopic (exact) mass is 281 g/mol. The Kier molecular flexibility index (Phi) is 3.66. The summed E-state index contributed by atoms with van der Waals surface area (Å²) in [5.41, 5.74) is 3.01. The Morgan fingerprint density at radius 1 is 1.14 bits per heavy atom. The molecule has 3 rings (SSSR count). The van der Waals surface area contributed by atoms with Gasteiger partial charge < -0.3 is 10.4 Å². The molecule has 5 nitrogen and oxygen atoms in total. The van der Waals surface area contributed by atoms with Crippen LogP contribution in [0.4, 0.5) is 0 Å². The number of aliphatic hydroxyl groups excluding tert-OH is 1. The Bertz CT molecular complexity index is 780. The molecule has 0 aliphatic carbocycles. The molecule has 0 fully saturated rings. The molecule has 0 aliphatic heterocycles. The number of nitrogens with zero attached hydrogens (tertiary/aromatic N) is 1. The van der Waals surface area contributed by atoms with E-state index in [1.54, 1.807) is 12.3 Å². The number of fused-ring (bicyclic) bond motifs is 1. The number of nitrogens with one attached hydrogen (secondary N) is 2. The van der Waals surface area contributed by atoms with Crippen molar-refractivity contribution in [2.24, 2.45) is 0 Å². The molecule has 2 aromatic carbocycles. The zero-order chi connectivity index (χ0) is 14.7. The fraction of sp³-hybridized carbons (Fsp3) is 0.125. The predicted molar refractivity (Wildman–Crippen MR) is 79.6 cm³/mol. The molecule has 0 unspecified atom stereocenters. The molecule has 106 valence electrons. The second kappa shape index (κ2) is 5.76. The van der Waals surface area contributed by atoms with Crippen molar-refractivity contribution in [2.45, 2.75) is 13.2 Å². The van der Waals surface area contributed by atoms with Gasteiger partial charge in [-0.1, -0.05) is 36.4 Å². The van der Waals surface area contributed by atoms with Crippen LogP contribution in [0.3, 0.4) is 0 Å². The fourth-order valence-electron chi connectivity index (χ4n) is 2.31. The van der Waals surface area contributed by atoms with E-state index < -0.39 is 0 Å². The minimum Gasteiger partial charge on any atom is -0.392 e. The molecule has 0 spiro atoms. The lowest BCUT2D eigenvalue weighted by Gasteiger charge is -2.09. The van der Waals surface area contributed by atoms with Crippen molar-refractivity contribution in [3.63, 3.8) is 0 Å². The summed E-state index contributed by atoms with van der Waals surface area (Å²) < 4.78 is 0. The predicted octanol–water partition coefficient (Wildman–Crippen LogP) is 1.99. The van der Waals surface area contributed by atoms with Gasteiger partial charge in [0.05, 0.1) is 23.9 Å². The first-order valence-electron chi connectivity index (χ1n) is 6.67. The smallest absolute Gasteiger partial charge is 0.253 e. The number of carbonyl (C=O) groups is 1. The van der Waals surface area contributed by atoms with E-state index in [0.717, 1.165) is 22.0 Å². The summed E-state index contributed by atoms with van der Waals surface area (Å²) in [6.45, 7) is 0.336. The van der Waals surface area contributed by atoms with Crippen LogP contribution in [0, 0.1) is 0 Å². The number of aliphatic hydroxyl groups is 1. The molecular formula is C16H15N3O2. The van der Waals surface area contributed by atoms with Gasteiger partial charge in [0.1, 0.15) is 0 Å². The summed E-state index contributed by atoms with van der Waals surface area (Å²) in [6.07, 6.45) is 1.69. The van der Waals surface area contributed by atoms with E-state index >= 15 is 0 Å². The van der Waals surface area contributed by atoms with E-state index in [-0.39, 0.29) is 12.5 Å². The summed E-state index contributed by atoms with van der Waals surface area (Å²) in [4.78, 5) is 12.3. The van der Waals surface area contributed by atoms with Gasteiger partial charge in [-0.15, -0.1) is 0 Å². The van der Waals surface area contributed by atoms with E-state index in [0.29, 0.717) is 12.1 Å². The van der Waals surface area contributed by atoms with Gasteiger partial charge in [-0.3, -0.25) is 9.89 Å². The van der Waals surface area contributed by atoms with Crippen molar-refractivity contribution >= 4 is 16.8 Å². The lowest BCUT2D eigenvalue weighted by Crippen LogP contribution is -2.23. The SMILES string of the molecule is O=C(NCc1ccccc1CO)c1cccc2cn[nH]c12. The Labute approximate surface area is 121 Å². The number of aromatic amines is 1. The number of amides is 1. The van der Waals surface area contributed by atoms with Gasteiger partial charge in [-0.2, -0.15) is 5.10 Å². The molecule has 1 heterocycles. The van der Waals surface area contributed by atoms with Gasteiger partial charge in [-0.25, -0.2) is 0 Å². The van der Waals surface area contributed by atoms with Gasteiger partial charge in [0.15, 0.2) is 0 Å². The van der Waals surface area contributed by atoms with Crippen LogP contribution in [0.15, 0.2) is 48.7 Å². The van der Waals surface area contributed by atoms with Crippen LogP contribution in [-0.2, 0) is 13.2 Å². The molecule has 0 bridgehead atoms. The number of aromatic nitrogens is 2. The van der Waals surface area contributed by atoms with E-state index in [1.165, 1.54) is 0 Å². The topological polar surface area (TPSA) is 78.0 Å². The molecule has 0 saturated carbocycles. The molecule has 3 aromatic rings. The normalized spacial score (nSPS) is 10.7. The van der Waals surface area contributed by atoms with E-state index in [9.17, 15) is 9.90 Å². The first-order valence-corrected chi connectivity index (χ1v) is 6.67. The second-order valence-electron chi connectivity index (χ2n) is 4.75. The molecule has 21 heavy (non-hydrogen) atoms. The zero-order valence-corrected chi connectivity index (χ0v) is 11.3. The van der Waals surface area contributed by atoms with Crippen LogP contribution in [-0.4, -0.2) is 21.2 Å². The Morgan fingerprint density at radius 2 is 1.95 bits per heavy atom. The number of rotatable bonds is 4. The maximum absolute atomic E-state index is 12.3. The van der Waals surface area contributed by atoms with Crippen LogP contribution in [0.25, 0.3) is 10.9 Å². The van der Waals surface area contributed by atoms with E-state index in [4.69, 9.17) is 0 Å². The van der Waals surface area contributed by atoms with Gasteiger partial charge >= 0.3 is 0 Å². The minimum absolute atomic E-state index is 0.0395. The summed E-state index contributed by atoms with van der Waals surface area (Å²) in [5, 5.41) is 19.9. The molecular weight excluding hydrogens is 266 g/mol. The fourth-order valence-corrected chi connectivity index (χ4v) is 2.31. The van der Waals surface area contributed by atoms with Crippen molar-refractivity contribution in [1.29, 1.82) is 0 Å². The standard InChI is InChI=1S/C16H15N3O2/c20-10-13-5-2-1-4-11(13)8-17-16(21)14-7-3-6-12-9-18-19-15(12)14/h1-7,9,20H,8,10H2,(H,17,21)(H,18,19). The largest absolute Gasteiger partial charge is 0.392 e. The van der Waals surface area contributed by atoms with Crippen LogP contribution < -0.4 is 5.32 Å². The van der Waals surface area contributed by atoms with Crippen molar-refractivity contribution < 1.29 is 9.90 Å². The zero-order valence-electron chi connectivity index (χ0n) is 11.3. The highest BCUT2D eigenvalue weighted by Gasteiger charge is 2.11. The quantitative estimate of drug-likeness (QED) is 0.684. The first-order chi connectivity index (χ1) is 10.3. The Morgan fingerprint density at radius 3 is 2.76 bits per heavy atom. The van der Waals surface area contributed by atoms with Gasteiger partial charge in [-0.05, 0) is 17.2 Å². The lowest BCUT2D eigenvalue weighted by molar-refractivity contribution is 0.0952. The maximum Gasteiger partial charge on any atom is 0.253 e. The third-order valence-corrected chi connectivity index (χ3v) is 3.45. The van der Waals surface area contributed by atoms with Gasteiger partial charge in [0.25, 0.3) is 5.91 Å². The lowest BCUT2D eigenvalue weighted by atomic mass is 10.1. The summed E-state index contributed by atoms with van der Waals surface area (Å²) in [7, 11) is 0.